The molecule has 0 bridgehead atoms. The van der Waals surface area contributed by atoms with E-state index in [1.807, 2.05) is 48.0 Å². The van der Waals surface area contributed by atoms with Crippen LogP contribution in [0.4, 0.5) is 5.69 Å². The average Bonchev–Trinajstić information content (AvgIpc) is 3.15. The van der Waals surface area contributed by atoms with Crippen LogP contribution in [-0.2, 0) is 6.67 Å². The van der Waals surface area contributed by atoms with Crippen molar-refractivity contribution in [2.24, 2.45) is 0 Å². The first-order valence-electron chi connectivity index (χ1n) is 10.4. The maximum atomic E-state index is 5.81. The second kappa shape index (κ2) is 9.36. The molecule has 1 N–H and O–H groups in total. The van der Waals surface area contributed by atoms with E-state index in [2.05, 4.69) is 33.9 Å². The molecular formula is C23H29N4O2S+. The Labute approximate surface area is 182 Å². The molecule has 2 heterocycles. The highest BCUT2D eigenvalue weighted by molar-refractivity contribution is 7.71. The molecule has 2 aromatic carbocycles. The Bertz CT molecular complexity index is 1020. The van der Waals surface area contributed by atoms with Gasteiger partial charge >= 0.3 is 0 Å². The lowest BCUT2D eigenvalue weighted by molar-refractivity contribution is -0.923. The van der Waals surface area contributed by atoms with E-state index in [1.54, 1.807) is 7.11 Å². The van der Waals surface area contributed by atoms with Crippen LogP contribution in [-0.4, -0.2) is 49.0 Å². The van der Waals surface area contributed by atoms with Gasteiger partial charge in [0.05, 0.1) is 45.6 Å². The number of piperazine rings is 1. The van der Waals surface area contributed by atoms with Crippen LogP contribution in [0, 0.1) is 4.77 Å². The molecule has 30 heavy (non-hydrogen) atoms. The van der Waals surface area contributed by atoms with E-state index in [0.29, 0.717) is 6.61 Å². The van der Waals surface area contributed by atoms with Crippen molar-refractivity contribution in [3.63, 3.8) is 0 Å². The van der Waals surface area contributed by atoms with Gasteiger partial charge in [0.2, 0.25) is 0 Å². The van der Waals surface area contributed by atoms with Crippen molar-refractivity contribution in [1.29, 1.82) is 0 Å². The first kappa shape index (κ1) is 20.5. The predicted molar refractivity (Wildman–Crippen MR) is 122 cm³/mol. The number of para-hydroxylation sites is 2. The molecule has 4 rings (SSSR count). The number of methoxy groups -OCH3 is 1. The number of quaternary nitrogens is 1. The lowest BCUT2D eigenvalue weighted by Gasteiger charge is -2.34. The molecule has 0 spiro atoms. The lowest BCUT2D eigenvalue weighted by Crippen LogP contribution is -3.14. The zero-order valence-corrected chi connectivity index (χ0v) is 18.4. The summed E-state index contributed by atoms with van der Waals surface area (Å²) in [7, 11) is 1.68. The Kier molecular flexibility index (Phi) is 6.40. The summed E-state index contributed by atoms with van der Waals surface area (Å²) in [5.41, 5.74) is 2.24. The van der Waals surface area contributed by atoms with Gasteiger partial charge in [0, 0.05) is 18.1 Å². The molecule has 0 amide bonds. The maximum absolute atomic E-state index is 5.81. The molecule has 0 aliphatic carbocycles. The number of hydrogen-bond donors (Lipinski definition) is 1. The van der Waals surface area contributed by atoms with E-state index in [9.17, 15) is 0 Å². The third-order valence-electron chi connectivity index (χ3n) is 5.57. The fourth-order valence-electron chi connectivity index (χ4n) is 3.93. The minimum atomic E-state index is 0.686. The van der Waals surface area contributed by atoms with Gasteiger partial charge in [-0.05, 0) is 55.5 Å². The minimum Gasteiger partial charge on any atom is -0.497 e. The largest absolute Gasteiger partial charge is 0.497 e. The van der Waals surface area contributed by atoms with Gasteiger partial charge in [-0.1, -0.05) is 12.1 Å². The summed E-state index contributed by atoms with van der Waals surface area (Å²) in [5, 5.41) is 0. The van der Waals surface area contributed by atoms with Gasteiger partial charge in [-0.25, -0.2) is 0 Å². The zero-order valence-electron chi connectivity index (χ0n) is 17.6. The number of nitrogens with zero attached hydrogens (tertiary/aromatic N) is 3. The highest BCUT2D eigenvalue weighted by Gasteiger charge is 2.22. The SMILES string of the molecule is CCOc1ccccc1N1CC[NH+](Cn2ccn(-c3ccc(OC)cc3)c2=S)CC1. The fraction of sp³-hybridized carbons (Fsp3) is 0.348. The van der Waals surface area contributed by atoms with Crippen molar-refractivity contribution in [3.05, 3.63) is 65.7 Å². The van der Waals surface area contributed by atoms with Crippen LogP contribution in [0.1, 0.15) is 6.92 Å². The summed E-state index contributed by atoms with van der Waals surface area (Å²) < 4.78 is 16.1. The van der Waals surface area contributed by atoms with Crippen molar-refractivity contribution >= 4 is 17.9 Å². The second-order valence-corrected chi connectivity index (χ2v) is 7.78. The van der Waals surface area contributed by atoms with Crippen LogP contribution in [0.3, 0.4) is 0 Å². The minimum absolute atomic E-state index is 0.686. The third kappa shape index (κ3) is 4.37. The normalized spacial score (nSPS) is 14.7. The van der Waals surface area contributed by atoms with Gasteiger partial charge in [-0.15, -0.1) is 0 Å². The molecule has 1 aliphatic heterocycles. The molecule has 1 saturated heterocycles. The van der Waals surface area contributed by atoms with Gasteiger partial charge in [0.25, 0.3) is 0 Å². The lowest BCUT2D eigenvalue weighted by atomic mass is 10.2. The Morgan fingerprint density at radius 2 is 1.73 bits per heavy atom. The molecule has 0 atom stereocenters. The number of rotatable bonds is 7. The Morgan fingerprint density at radius 1 is 1.00 bits per heavy atom. The quantitative estimate of drug-likeness (QED) is 0.591. The summed E-state index contributed by atoms with van der Waals surface area (Å²) in [6.07, 6.45) is 4.12. The van der Waals surface area contributed by atoms with Crippen LogP contribution in [0.2, 0.25) is 0 Å². The van der Waals surface area contributed by atoms with E-state index in [-0.39, 0.29) is 0 Å². The van der Waals surface area contributed by atoms with Gasteiger partial charge in [-0.3, -0.25) is 9.13 Å². The Hall–Kier alpha value is -2.77. The van der Waals surface area contributed by atoms with E-state index >= 15 is 0 Å². The van der Waals surface area contributed by atoms with Crippen molar-refractivity contribution in [2.75, 3.05) is 44.8 Å². The van der Waals surface area contributed by atoms with Crippen LogP contribution in [0.15, 0.2) is 60.9 Å². The molecular weight excluding hydrogens is 396 g/mol. The number of aromatic nitrogens is 2. The van der Waals surface area contributed by atoms with Gasteiger partial charge in [0.1, 0.15) is 11.5 Å². The molecule has 1 aliphatic rings. The third-order valence-corrected chi connectivity index (χ3v) is 6.00. The number of imidazole rings is 1. The standard InChI is InChI=1S/C23H28N4O2S/c1-3-29-22-7-5-4-6-21(22)25-14-12-24(13-15-25)18-26-16-17-27(23(26)30)19-8-10-20(28-2)11-9-19/h4-11,16-17H,3,12-15,18H2,1-2H3/p+1. The topological polar surface area (TPSA) is 36.0 Å². The van der Waals surface area contributed by atoms with E-state index in [1.165, 1.54) is 10.6 Å². The highest BCUT2D eigenvalue weighted by atomic mass is 32.1. The molecule has 7 heteroatoms. The molecule has 0 unspecified atom stereocenters. The average molecular weight is 426 g/mol. The van der Waals surface area contributed by atoms with Crippen molar-refractivity contribution in [2.45, 2.75) is 13.6 Å². The van der Waals surface area contributed by atoms with Crippen LogP contribution in [0.5, 0.6) is 11.5 Å². The molecule has 1 aromatic heterocycles. The number of anilines is 1. The van der Waals surface area contributed by atoms with Gasteiger partial charge in [-0.2, -0.15) is 0 Å². The van der Waals surface area contributed by atoms with E-state index in [0.717, 1.165) is 54.8 Å². The second-order valence-electron chi connectivity index (χ2n) is 7.41. The molecule has 3 aromatic rings. The number of nitrogens with one attached hydrogen (secondary N) is 1. The van der Waals surface area contributed by atoms with E-state index in [4.69, 9.17) is 21.7 Å². The number of hydrogen-bond acceptors (Lipinski definition) is 4. The fourth-order valence-corrected chi connectivity index (χ4v) is 4.22. The van der Waals surface area contributed by atoms with Gasteiger partial charge in [0.15, 0.2) is 11.4 Å². The molecule has 0 saturated carbocycles. The van der Waals surface area contributed by atoms with Gasteiger partial charge < -0.3 is 19.3 Å². The summed E-state index contributed by atoms with van der Waals surface area (Å²) in [6.45, 7) is 7.74. The Balaban J connectivity index is 1.40. The monoisotopic (exact) mass is 425 g/mol. The summed E-state index contributed by atoms with van der Waals surface area (Å²) in [4.78, 5) is 3.96. The molecule has 6 nitrogen and oxygen atoms in total. The first-order valence-corrected chi connectivity index (χ1v) is 10.8. The molecule has 1 fully saturated rings. The van der Waals surface area contributed by atoms with Crippen LogP contribution in [0.25, 0.3) is 5.69 Å². The van der Waals surface area contributed by atoms with Crippen LogP contribution >= 0.6 is 12.2 Å². The first-order chi connectivity index (χ1) is 14.7. The molecule has 0 radical (unpaired) electrons. The predicted octanol–water partition coefficient (Wildman–Crippen LogP) is 2.78. The maximum Gasteiger partial charge on any atom is 0.188 e. The number of benzene rings is 2. The van der Waals surface area contributed by atoms with E-state index < -0.39 is 0 Å². The van der Waals surface area contributed by atoms with Crippen LogP contribution < -0.4 is 19.3 Å². The summed E-state index contributed by atoms with van der Waals surface area (Å²) >= 11 is 5.74. The van der Waals surface area contributed by atoms with Crippen molar-refractivity contribution in [1.82, 2.24) is 9.13 Å². The zero-order chi connectivity index (χ0) is 20.9. The molecule has 158 valence electrons. The number of ether oxygens (including phenoxy) is 2. The summed E-state index contributed by atoms with van der Waals surface area (Å²) in [6, 6.07) is 16.3. The Morgan fingerprint density at radius 3 is 2.43 bits per heavy atom. The summed E-state index contributed by atoms with van der Waals surface area (Å²) in [5.74, 6) is 1.82. The van der Waals surface area contributed by atoms with Crippen molar-refractivity contribution in [3.8, 4) is 17.2 Å². The highest BCUT2D eigenvalue weighted by Crippen LogP contribution is 2.27. The smallest absolute Gasteiger partial charge is 0.188 e. The van der Waals surface area contributed by atoms with Crippen molar-refractivity contribution < 1.29 is 14.4 Å².